The Balaban J connectivity index is 0.000000207. The summed E-state index contributed by atoms with van der Waals surface area (Å²) in [6, 6.07) is 17.0. The number of nitrogens with zero attached hydrogens (tertiary/aromatic N) is 6. The van der Waals surface area contributed by atoms with E-state index >= 15 is 0 Å². The van der Waals surface area contributed by atoms with Crippen LogP contribution < -0.4 is 11.1 Å². The average molecular weight is 880 g/mol. The second-order valence-electron chi connectivity index (χ2n) is 17.9. The monoisotopic (exact) mass is 878 g/mol. The molecule has 0 spiro atoms. The number of carboxylic acid groups (broad SMARTS) is 1. The number of para-hydroxylation sites is 4. The molecular weight excluding hydrogens is 816 g/mol. The Kier molecular flexibility index (Phi) is 15.6. The smallest absolute Gasteiger partial charge is 0.362 e. The molecule has 4 saturated heterocycles. The molecule has 63 heavy (non-hydrogen) atoms. The molecule has 4 aliphatic rings. The molecule has 2 aromatic carbocycles. The van der Waals surface area contributed by atoms with E-state index in [0.717, 1.165) is 75.2 Å². The molecule has 12 nitrogen and oxygen atoms in total. The highest BCUT2D eigenvalue weighted by Gasteiger charge is 2.46. The van der Waals surface area contributed by atoms with Crippen LogP contribution in [0.1, 0.15) is 146 Å². The van der Waals surface area contributed by atoms with E-state index < -0.39 is 23.2 Å². The van der Waals surface area contributed by atoms with Crippen molar-refractivity contribution in [2.45, 2.75) is 161 Å². The first-order chi connectivity index (χ1) is 29.8. The summed E-state index contributed by atoms with van der Waals surface area (Å²) in [5.41, 5.74) is 1.37. The Bertz CT molecular complexity index is 2520. The minimum absolute atomic E-state index is 0. The van der Waals surface area contributed by atoms with Crippen LogP contribution in [-0.2, 0) is 4.74 Å². The van der Waals surface area contributed by atoms with Crippen LogP contribution in [0, 0.1) is 35.5 Å². The van der Waals surface area contributed by atoms with Crippen molar-refractivity contribution in [3.05, 3.63) is 80.6 Å². The highest BCUT2D eigenvalue weighted by atomic mass is 35.5. The fraction of sp³-hybridized carbons (Fsp3) is 0.560. The van der Waals surface area contributed by atoms with Crippen molar-refractivity contribution in [1.29, 1.82) is 0 Å². The van der Waals surface area contributed by atoms with Gasteiger partial charge in [-0.2, -0.15) is 0 Å². The highest BCUT2D eigenvalue weighted by molar-refractivity contribution is 5.90. The van der Waals surface area contributed by atoms with E-state index in [1.54, 1.807) is 17.6 Å². The minimum Gasteiger partial charge on any atom is -0.476 e. The van der Waals surface area contributed by atoms with Crippen molar-refractivity contribution in [3.8, 4) is 23.7 Å². The Morgan fingerprint density at radius 3 is 1.38 bits per heavy atom. The number of ether oxygens (including phenoxy) is 1. The van der Waals surface area contributed by atoms with Crippen molar-refractivity contribution in [3.63, 3.8) is 0 Å². The molecule has 4 fully saturated rings. The van der Waals surface area contributed by atoms with E-state index in [1.807, 2.05) is 47.0 Å². The predicted octanol–water partition coefficient (Wildman–Crippen LogP) is 8.30. The number of benzene rings is 2. The third-order valence-corrected chi connectivity index (χ3v) is 13.1. The van der Waals surface area contributed by atoms with E-state index in [-0.39, 0.29) is 54.4 Å². The van der Waals surface area contributed by atoms with Gasteiger partial charge in [0, 0.05) is 48.1 Å². The maximum Gasteiger partial charge on any atom is 0.362 e. The van der Waals surface area contributed by atoms with Gasteiger partial charge in [-0.3, -0.25) is 19.4 Å². The zero-order valence-electron chi connectivity index (χ0n) is 37.8. The number of aromatic nitrogens is 4. The van der Waals surface area contributed by atoms with Gasteiger partial charge in [0.15, 0.2) is 0 Å². The molecule has 4 bridgehead atoms. The second kappa shape index (κ2) is 20.7. The topological polar surface area (TPSA) is 140 Å². The number of rotatable bonds is 9. The normalized spacial score (nSPS) is 23.8. The summed E-state index contributed by atoms with van der Waals surface area (Å²) in [4.78, 5) is 64.3. The Morgan fingerprint density at radius 1 is 0.635 bits per heavy atom. The van der Waals surface area contributed by atoms with Gasteiger partial charge in [0.1, 0.15) is 0 Å². The van der Waals surface area contributed by atoms with Crippen molar-refractivity contribution in [1.82, 2.24) is 28.9 Å². The molecule has 8 rings (SSSR count). The molecule has 13 heteroatoms. The van der Waals surface area contributed by atoms with Gasteiger partial charge in [0.2, 0.25) is 11.4 Å². The number of carbonyl (C=O) groups is 2. The molecule has 0 saturated carbocycles. The summed E-state index contributed by atoms with van der Waals surface area (Å²) < 4.78 is 8.65. The summed E-state index contributed by atoms with van der Waals surface area (Å²) >= 11 is 0. The first-order valence-electron chi connectivity index (χ1n) is 22.8. The van der Waals surface area contributed by atoms with Crippen molar-refractivity contribution in [2.75, 3.05) is 6.61 Å². The molecule has 8 atom stereocenters. The van der Waals surface area contributed by atoms with Crippen LogP contribution in [-0.4, -0.2) is 88.8 Å². The molecule has 4 aromatic rings. The minimum atomic E-state index is -1.27. The van der Waals surface area contributed by atoms with Crippen LogP contribution in [0.3, 0.4) is 0 Å². The fourth-order valence-corrected chi connectivity index (χ4v) is 10.6. The third kappa shape index (κ3) is 9.89. The number of piperidine rings is 2. The van der Waals surface area contributed by atoms with Crippen LogP contribution in [0.5, 0.6) is 0 Å². The predicted molar refractivity (Wildman–Crippen MR) is 249 cm³/mol. The molecule has 4 unspecified atom stereocenters. The molecule has 0 aliphatic carbocycles. The van der Waals surface area contributed by atoms with Gasteiger partial charge in [-0.15, -0.1) is 12.4 Å². The molecule has 0 amide bonds. The summed E-state index contributed by atoms with van der Waals surface area (Å²) in [5, 5.41) is 9.52. The van der Waals surface area contributed by atoms with Crippen LogP contribution in [0.25, 0.3) is 22.1 Å². The SMILES string of the molecule is CCC(C#CC(C)C)N1[C@@H]2CC[C@H]1CC(n1c(=O)c(C(=O)O)nc3ccccc31)C2.CCOC(=O)c1nc2ccccc2n(C2C[C@H]3CC[C@@H](C2)N3C(C#CC(C)C)CC)c1=O.Cl. The number of fused-ring (bicyclic) bond motifs is 6. The van der Waals surface area contributed by atoms with Gasteiger partial charge in [-0.05, 0) is 95.4 Å². The third-order valence-electron chi connectivity index (χ3n) is 13.1. The van der Waals surface area contributed by atoms with E-state index in [1.165, 1.54) is 0 Å². The Hall–Kier alpha value is -5.01. The van der Waals surface area contributed by atoms with Crippen LogP contribution >= 0.6 is 12.4 Å². The standard InChI is InChI=1S/C26H33N3O3.C24H29N3O3.ClH/c1-5-18(12-11-17(3)4)28-19-13-14-20(28)16-21(15-19)29-23-10-8-7-9-22(23)27-24(25(29)30)26(31)32-6-2;1-4-16(10-9-15(2)3)26-17-11-12-18(26)14-19(13-17)27-21-8-6-5-7-20(21)25-22(23(27)28)24(29)30;/h7-10,17-21H,5-6,13-16H2,1-4H3;5-8,15-19H,4,11-14H2,1-3H3,(H,29,30);1H/t18?,19-,20+,21?;16?,17-,18+,19?;. The van der Waals surface area contributed by atoms with Crippen molar-refractivity contribution in [2.24, 2.45) is 11.8 Å². The lowest BCUT2D eigenvalue weighted by Gasteiger charge is -2.42. The zero-order chi connectivity index (χ0) is 44.2. The van der Waals surface area contributed by atoms with Gasteiger partial charge in [-0.1, -0.05) is 89.5 Å². The van der Waals surface area contributed by atoms with Gasteiger partial charge in [0.05, 0.1) is 40.8 Å². The lowest BCUT2D eigenvalue weighted by Crippen LogP contribution is -2.49. The fourth-order valence-electron chi connectivity index (χ4n) is 10.6. The quantitative estimate of drug-likeness (QED) is 0.129. The lowest BCUT2D eigenvalue weighted by atomic mass is 9.94. The maximum absolute atomic E-state index is 13.4. The number of carboxylic acids is 1. The zero-order valence-corrected chi connectivity index (χ0v) is 38.6. The first-order valence-corrected chi connectivity index (χ1v) is 22.8. The maximum atomic E-state index is 13.4. The molecule has 1 N–H and O–H groups in total. The number of carbonyl (C=O) groups excluding carboxylic acids is 1. The van der Waals surface area contributed by atoms with Crippen LogP contribution in [0.4, 0.5) is 0 Å². The summed E-state index contributed by atoms with van der Waals surface area (Å²) in [6.07, 6.45) is 9.88. The number of hydrogen-bond acceptors (Lipinski definition) is 9. The lowest BCUT2D eigenvalue weighted by molar-refractivity contribution is 0.0514. The van der Waals surface area contributed by atoms with Crippen molar-refractivity contribution >= 4 is 46.4 Å². The van der Waals surface area contributed by atoms with E-state index in [2.05, 4.69) is 85.0 Å². The second-order valence-corrected chi connectivity index (χ2v) is 17.9. The van der Waals surface area contributed by atoms with Gasteiger partial charge in [0.25, 0.3) is 11.1 Å². The number of esters is 1. The molecular formula is C50H63ClN6O6. The van der Waals surface area contributed by atoms with Crippen LogP contribution in [0.2, 0.25) is 0 Å². The largest absolute Gasteiger partial charge is 0.476 e. The highest BCUT2D eigenvalue weighted by Crippen LogP contribution is 2.44. The van der Waals surface area contributed by atoms with Gasteiger partial charge < -0.3 is 19.0 Å². The van der Waals surface area contributed by atoms with Crippen LogP contribution in [0.15, 0.2) is 58.1 Å². The van der Waals surface area contributed by atoms with E-state index in [9.17, 15) is 24.3 Å². The number of halogens is 1. The molecule has 6 heterocycles. The van der Waals surface area contributed by atoms with Gasteiger partial charge in [-0.25, -0.2) is 19.6 Å². The summed E-state index contributed by atoms with van der Waals surface area (Å²) in [7, 11) is 0. The van der Waals surface area contributed by atoms with Crippen molar-refractivity contribution < 1.29 is 19.4 Å². The Morgan fingerprint density at radius 2 is 1.02 bits per heavy atom. The summed E-state index contributed by atoms with van der Waals surface area (Å²) in [5.74, 6) is 12.5. The van der Waals surface area contributed by atoms with E-state index in [0.29, 0.717) is 47.0 Å². The summed E-state index contributed by atoms with van der Waals surface area (Å²) in [6.45, 7) is 14.8. The Labute approximate surface area is 377 Å². The molecule has 0 radical (unpaired) electrons. The number of aromatic carboxylic acids is 1. The van der Waals surface area contributed by atoms with E-state index in [4.69, 9.17) is 4.74 Å². The molecule has 336 valence electrons. The van der Waals surface area contributed by atoms with Gasteiger partial charge >= 0.3 is 11.9 Å². The average Bonchev–Trinajstić information content (AvgIpc) is 3.65. The first kappa shape index (κ1) is 47.5. The molecule has 4 aliphatic heterocycles. The molecule has 2 aromatic heterocycles. The number of hydrogen-bond donors (Lipinski definition) is 1.